The number of methoxy groups -OCH3 is 3. The van der Waals surface area contributed by atoms with E-state index in [4.69, 9.17) is 14.2 Å². The van der Waals surface area contributed by atoms with Crippen LogP contribution in [0.1, 0.15) is 31.7 Å². The van der Waals surface area contributed by atoms with Crippen LogP contribution in [0.4, 0.5) is 0 Å². The largest absolute Gasteiger partial charge is 0.496 e. The molecule has 0 aliphatic carbocycles. The molecule has 1 aromatic carbocycles. The molecule has 1 aromatic rings. The lowest BCUT2D eigenvalue weighted by Crippen LogP contribution is -2.52. The zero-order valence-corrected chi connectivity index (χ0v) is 15.5. The van der Waals surface area contributed by atoms with E-state index in [9.17, 15) is 4.79 Å². The standard InChI is InChI=1S/C17H26N2O4.ClH/c1-5-17(7-6-8-19-17)16(20)18-11-12-9-14(22-3)15(23-4)10-13(12)21-2;/h9-10,19H,5-8,11H2,1-4H3,(H,18,20);1H. The number of hydrogen-bond acceptors (Lipinski definition) is 5. The molecule has 2 N–H and O–H groups in total. The average molecular weight is 359 g/mol. The lowest BCUT2D eigenvalue weighted by atomic mass is 9.93. The van der Waals surface area contributed by atoms with Crippen molar-refractivity contribution < 1.29 is 19.0 Å². The van der Waals surface area contributed by atoms with Gasteiger partial charge in [0.2, 0.25) is 5.91 Å². The summed E-state index contributed by atoms with van der Waals surface area (Å²) >= 11 is 0. The summed E-state index contributed by atoms with van der Waals surface area (Å²) in [6, 6.07) is 3.60. The van der Waals surface area contributed by atoms with E-state index in [1.165, 1.54) is 0 Å². The lowest BCUT2D eigenvalue weighted by molar-refractivity contribution is -0.127. The van der Waals surface area contributed by atoms with Crippen LogP contribution in [0.2, 0.25) is 0 Å². The fourth-order valence-electron chi connectivity index (χ4n) is 3.04. The summed E-state index contributed by atoms with van der Waals surface area (Å²) < 4.78 is 16.0. The second-order valence-corrected chi connectivity index (χ2v) is 5.67. The number of benzene rings is 1. The van der Waals surface area contributed by atoms with Gasteiger partial charge in [0.1, 0.15) is 5.75 Å². The second kappa shape index (κ2) is 8.99. The summed E-state index contributed by atoms with van der Waals surface area (Å²) in [7, 11) is 4.76. The summed E-state index contributed by atoms with van der Waals surface area (Å²) in [6.45, 7) is 3.31. The Morgan fingerprint density at radius 3 is 2.29 bits per heavy atom. The molecule has 7 heteroatoms. The predicted octanol–water partition coefficient (Wildman–Crippen LogP) is 2.28. The summed E-state index contributed by atoms with van der Waals surface area (Å²) in [5.41, 5.74) is 0.409. The van der Waals surface area contributed by atoms with Gasteiger partial charge in [0.15, 0.2) is 11.5 Å². The van der Waals surface area contributed by atoms with Gasteiger partial charge in [-0.1, -0.05) is 6.92 Å². The van der Waals surface area contributed by atoms with Gasteiger partial charge >= 0.3 is 0 Å². The third-order valence-corrected chi connectivity index (χ3v) is 4.51. The molecule has 6 nitrogen and oxygen atoms in total. The molecule has 0 bridgehead atoms. The number of nitrogens with one attached hydrogen (secondary N) is 2. The number of carbonyl (C=O) groups is 1. The Hall–Kier alpha value is -1.66. The molecule has 1 saturated heterocycles. The Labute approximate surface area is 149 Å². The average Bonchev–Trinajstić information content (AvgIpc) is 3.09. The smallest absolute Gasteiger partial charge is 0.240 e. The predicted molar refractivity (Wildman–Crippen MR) is 95.5 cm³/mol. The Kier molecular flexibility index (Phi) is 7.63. The monoisotopic (exact) mass is 358 g/mol. The summed E-state index contributed by atoms with van der Waals surface area (Å²) in [5.74, 6) is 1.91. The van der Waals surface area contributed by atoms with Gasteiger partial charge in [-0.15, -0.1) is 12.4 Å². The highest BCUT2D eigenvalue weighted by Gasteiger charge is 2.38. The lowest BCUT2D eigenvalue weighted by Gasteiger charge is -2.27. The first-order valence-electron chi connectivity index (χ1n) is 7.92. The molecule has 136 valence electrons. The van der Waals surface area contributed by atoms with E-state index in [1.54, 1.807) is 27.4 Å². The maximum atomic E-state index is 12.6. The molecule has 1 unspecified atom stereocenters. The van der Waals surface area contributed by atoms with Gasteiger partial charge < -0.3 is 24.8 Å². The van der Waals surface area contributed by atoms with Gasteiger partial charge in [0, 0.05) is 18.2 Å². The number of rotatable bonds is 7. The maximum Gasteiger partial charge on any atom is 0.240 e. The minimum atomic E-state index is -0.441. The molecule has 1 aliphatic rings. The van der Waals surface area contributed by atoms with Crippen LogP contribution in [-0.4, -0.2) is 39.3 Å². The van der Waals surface area contributed by atoms with Crippen LogP contribution in [0, 0.1) is 0 Å². The van der Waals surface area contributed by atoms with Crippen molar-refractivity contribution in [2.75, 3.05) is 27.9 Å². The number of carbonyl (C=O) groups excluding carboxylic acids is 1. The molecule has 1 aliphatic heterocycles. The highest BCUT2D eigenvalue weighted by molar-refractivity contribution is 5.86. The van der Waals surface area contributed by atoms with Crippen LogP contribution in [0.5, 0.6) is 17.2 Å². The van der Waals surface area contributed by atoms with Crippen molar-refractivity contribution in [3.05, 3.63) is 17.7 Å². The number of halogens is 1. The minimum Gasteiger partial charge on any atom is -0.496 e. The topological polar surface area (TPSA) is 68.8 Å². The highest BCUT2D eigenvalue weighted by Crippen LogP contribution is 2.34. The van der Waals surface area contributed by atoms with E-state index in [-0.39, 0.29) is 18.3 Å². The van der Waals surface area contributed by atoms with E-state index >= 15 is 0 Å². The van der Waals surface area contributed by atoms with E-state index in [1.807, 2.05) is 13.0 Å². The first kappa shape index (κ1) is 20.4. The molecule has 1 amide bonds. The van der Waals surface area contributed by atoms with Crippen LogP contribution >= 0.6 is 12.4 Å². The summed E-state index contributed by atoms with van der Waals surface area (Å²) in [4.78, 5) is 12.6. The van der Waals surface area contributed by atoms with Crippen molar-refractivity contribution in [2.45, 2.75) is 38.3 Å². The fraction of sp³-hybridized carbons (Fsp3) is 0.588. The first-order valence-corrected chi connectivity index (χ1v) is 7.92. The maximum absolute atomic E-state index is 12.6. The second-order valence-electron chi connectivity index (χ2n) is 5.67. The summed E-state index contributed by atoms with van der Waals surface area (Å²) in [6.07, 6.45) is 2.68. The molecular weight excluding hydrogens is 332 g/mol. The zero-order chi connectivity index (χ0) is 16.9. The van der Waals surface area contributed by atoms with Gasteiger partial charge in [-0.05, 0) is 31.9 Å². The Morgan fingerprint density at radius 1 is 1.17 bits per heavy atom. The zero-order valence-electron chi connectivity index (χ0n) is 14.7. The number of hydrogen-bond donors (Lipinski definition) is 2. The minimum absolute atomic E-state index is 0. The van der Waals surface area contributed by atoms with Crippen LogP contribution in [0.15, 0.2) is 12.1 Å². The molecule has 1 atom stereocenters. The van der Waals surface area contributed by atoms with Crippen molar-refractivity contribution in [3.8, 4) is 17.2 Å². The Balaban J connectivity index is 0.00000288. The van der Waals surface area contributed by atoms with E-state index < -0.39 is 5.54 Å². The number of amides is 1. The highest BCUT2D eigenvalue weighted by atomic mass is 35.5. The van der Waals surface area contributed by atoms with Gasteiger partial charge in [-0.2, -0.15) is 0 Å². The molecule has 1 fully saturated rings. The van der Waals surface area contributed by atoms with E-state index in [2.05, 4.69) is 10.6 Å². The molecule has 24 heavy (non-hydrogen) atoms. The molecule has 0 spiro atoms. The van der Waals surface area contributed by atoms with Crippen LogP contribution in [0.25, 0.3) is 0 Å². The van der Waals surface area contributed by atoms with Crippen LogP contribution in [-0.2, 0) is 11.3 Å². The van der Waals surface area contributed by atoms with E-state index in [0.717, 1.165) is 31.4 Å². The van der Waals surface area contributed by atoms with Gasteiger partial charge in [0.05, 0.1) is 26.9 Å². The third-order valence-electron chi connectivity index (χ3n) is 4.51. The van der Waals surface area contributed by atoms with Crippen molar-refractivity contribution in [2.24, 2.45) is 0 Å². The third kappa shape index (κ3) is 4.05. The normalized spacial score (nSPS) is 19.3. The van der Waals surface area contributed by atoms with Crippen molar-refractivity contribution in [3.63, 3.8) is 0 Å². The van der Waals surface area contributed by atoms with Crippen LogP contribution in [0.3, 0.4) is 0 Å². The molecule has 0 saturated carbocycles. The van der Waals surface area contributed by atoms with Crippen molar-refractivity contribution >= 4 is 18.3 Å². The molecular formula is C17H27ClN2O4. The SMILES string of the molecule is CCC1(C(=O)NCc2cc(OC)c(OC)cc2OC)CCCN1.Cl. The van der Waals surface area contributed by atoms with Crippen LogP contribution < -0.4 is 24.8 Å². The van der Waals surface area contributed by atoms with Gasteiger partial charge in [-0.3, -0.25) is 4.79 Å². The molecule has 2 rings (SSSR count). The van der Waals surface area contributed by atoms with Crippen molar-refractivity contribution in [1.29, 1.82) is 0 Å². The summed E-state index contributed by atoms with van der Waals surface area (Å²) in [5, 5.41) is 6.36. The molecule has 0 aromatic heterocycles. The first-order chi connectivity index (χ1) is 11.1. The van der Waals surface area contributed by atoms with Gasteiger partial charge in [-0.25, -0.2) is 0 Å². The molecule has 0 radical (unpaired) electrons. The quantitative estimate of drug-likeness (QED) is 0.782. The molecule has 1 heterocycles. The fourth-order valence-corrected chi connectivity index (χ4v) is 3.04. The Morgan fingerprint density at radius 2 is 1.79 bits per heavy atom. The van der Waals surface area contributed by atoms with E-state index in [0.29, 0.717) is 23.8 Å². The number of ether oxygens (including phenoxy) is 3. The Bertz CT molecular complexity index is 560. The van der Waals surface area contributed by atoms with Crippen molar-refractivity contribution in [1.82, 2.24) is 10.6 Å². The van der Waals surface area contributed by atoms with Gasteiger partial charge in [0.25, 0.3) is 0 Å².